The third kappa shape index (κ3) is 3.23. The number of carbonyl (C=O) groups is 1. The minimum absolute atomic E-state index is 0.106. The molecular weight excluding hydrogens is 367 g/mol. The number of halogens is 1. The Labute approximate surface area is 169 Å². The highest BCUT2D eigenvalue weighted by Crippen LogP contribution is 2.35. The quantitative estimate of drug-likeness (QED) is 0.744. The van der Waals surface area contributed by atoms with E-state index in [1.54, 1.807) is 11.1 Å². The summed E-state index contributed by atoms with van der Waals surface area (Å²) in [5.41, 5.74) is 3.41. The Morgan fingerprint density at radius 2 is 2.03 bits per heavy atom. The molecule has 6 heteroatoms. The van der Waals surface area contributed by atoms with Crippen LogP contribution in [0.4, 0.5) is 10.1 Å². The highest BCUT2D eigenvalue weighted by molar-refractivity contribution is 6.01. The molecule has 2 aromatic carbocycles. The van der Waals surface area contributed by atoms with E-state index in [0.29, 0.717) is 19.6 Å². The van der Waals surface area contributed by atoms with Crippen LogP contribution in [0.5, 0.6) is 0 Å². The summed E-state index contributed by atoms with van der Waals surface area (Å²) < 4.78 is 16.9. The number of nitrogens with one attached hydrogen (secondary N) is 1. The molecule has 5 rings (SSSR count). The number of hydrogen-bond acceptors (Lipinski definition) is 3. The monoisotopic (exact) mass is 390 g/mol. The zero-order valence-corrected chi connectivity index (χ0v) is 16.1. The molecule has 1 fully saturated rings. The van der Waals surface area contributed by atoms with Gasteiger partial charge in [0.05, 0.1) is 12.2 Å². The van der Waals surface area contributed by atoms with E-state index in [0.717, 1.165) is 28.9 Å². The van der Waals surface area contributed by atoms with E-state index >= 15 is 0 Å². The van der Waals surface area contributed by atoms with E-state index in [1.165, 1.54) is 5.56 Å². The van der Waals surface area contributed by atoms with E-state index in [-0.39, 0.29) is 13.0 Å². The van der Waals surface area contributed by atoms with Crippen LogP contribution >= 0.6 is 0 Å². The topological polar surface area (TPSA) is 50.2 Å². The lowest BCUT2D eigenvalue weighted by Crippen LogP contribution is -2.47. The molecular formula is C23H23FN4O. The van der Waals surface area contributed by atoms with Gasteiger partial charge in [-0.2, -0.15) is 5.10 Å². The van der Waals surface area contributed by atoms with Crippen molar-refractivity contribution < 1.29 is 9.18 Å². The molecule has 0 bridgehead atoms. The average Bonchev–Trinajstić information content (AvgIpc) is 3.48. The lowest BCUT2D eigenvalue weighted by Gasteiger charge is -2.25. The SMILES string of the molecule is O=C(N1CCc2cc(-c3ccnn3Cc3ccccc3)ccc21)C1(F)CCNC1. The van der Waals surface area contributed by atoms with Crippen LogP contribution in [-0.4, -0.2) is 41.0 Å². The molecule has 0 aliphatic carbocycles. The highest BCUT2D eigenvalue weighted by Gasteiger charge is 2.45. The van der Waals surface area contributed by atoms with Crippen LogP contribution in [0.3, 0.4) is 0 Å². The maximum Gasteiger partial charge on any atom is 0.266 e. The Morgan fingerprint density at radius 1 is 1.17 bits per heavy atom. The Kier molecular flexibility index (Phi) is 4.43. The Morgan fingerprint density at radius 3 is 2.83 bits per heavy atom. The fraction of sp³-hybridized carbons (Fsp3) is 0.304. The zero-order valence-electron chi connectivity index (χ0n) is 16.1. The molecule has 2 aliphatic rings. The first-order valence-electron chi connectivity index (χ1n) is 10.0. The molecule has 1 N–H and O–H groups in total. The van der Waals surface area contributed by atoms with Crippen LogP contribution < -0.4 is 10.2 Å². The Hall–Kier alpha value is -2.99. The molecule has 2 aliphatic heterocycles. The summed E-state index contributed by atoms with van der Waals surface area (Å²) in [6.07, 6.45) is 2.79. The summed E-state index contributed by atoms with van der Waals surface area (Å²) in [7, 11) is 0. The number of benzene rings is 2. The molecule has 148 valence electrons. The number of fused-ring (bicyclic) bond motifs is 1. The standard InChI is InChI=1S/C23H23FN4O/c24-23(10-12-25-16-23)22(29)27-13-9-19-14-18(6-7-20(19)27)21-8-11-26-28(21)15-17-4-2-1-3-5-17/h1-8,11,14,25H,9-10,12-13,15-16H2. The van der Waals surface area contributed by atoms with E-state index in [9.17, 15) is 9.18 Å². The van der Waals surface area contributed by atoms with Crippen molar-refractivity contribution in [2.24, 2.45) is 0 Å². The van der Waals surface area contributed by atoms with Gasteiger partial charge in [-0.3, -0.25) is 9.48 Å². The second-order valence-corrected chi connectivity index (χ2v) is 7.80. The van der Waals surface area contributed by atoms with Gasteiger partial charge in [-0.05, 0) is 42.3 Å². The summed E-state index contributed by atoms with van der Waals surface area (Å²) in [6, 6.07) is 18.3. The summed E-state index contributed by atoms with van der Waals surface area (Å²) >= 11 is 0. The van der Waals surface area contributed by atoms with Gasteiger partial charge in [-0.15, -0.1) is 0 Å². The van der Waals surface area contributed by atoms with Gasteiger partial charge in [0.2, 0.25) is 5.67 Å². The Bertz CT molecular complexity index is 1040. The number of nitrogens with zero attached hydrogens (tertiary/aromatic N) is 3. The lowest BCUT2D eigenvalue weighted by molar-refractivity contribution is -0.128. The number of alkyl halides is 1. The van der Waals surface area contributed by atoms with Crippen LogP contribution in [-0.2, 0) is 17.8 Å². The minimum Gasteiger partial charge on any atom is -0.313 e. The van der Waals surface area contributed by atoms with Crippen molar-refractivity contribution >= 4 is 11.6 Å². The smallest absolute Gasteiger partial charge is 0.266 e. The van der Waals surface area contributed by atoms with Gasteiger partial charge < -0.3 is 10.2 Å². The Balaban J connectivity index is 1.41. The highest BCUT2D eigenvalue weighted by atomic mass is 19.1. The number of rotatable bonds is 4. The number of amides is 1. The predicted molar refractivity (Wildman–Crippen MR) is 111 cm³/mol. The molecule has 1 saturated heterocycles. The predicted octanol–water partition coefficient (Wildman–Crippen LogP) is 3.19. The molecule has 3 heterocycles. The van der Waals surface area contributed by atoms with Gasteiger partial charge in [-0.25, -0.2) is 4.39 Å². The molecule has 0 saturated carbocycles. The van der Waals surface area contributed by atoms with Crippen molar-refractivity contribution in [3.63, 3.8) is 0 Å². The summed E-state index contributed by atoms with van der Waals surface area (Å²) in [5, 5.41) is 7.44. The molecule has 3 aromatic rings. The van der Waals surface area contributed by atoms with Crippen molar-refractivity contribution in [2.75, 3.05) is 24.5 Å². The van der Waals surface area contributed by atoms with Gasteiger partial charge in [0, 0.05) is 37.0 Å². The van der Waals surface area contributed by atoms with Crippen molar-refractivity contribution in [2.45, 2.75) is 25.1 Å². The first-order valence-corrected chi connectivity index (χ1v) is 10.0. The van der Waals surface area contributed by atoms with E-state index in [4.69, 9.17) is 0 Å². The molecule has 0 spiro atoms. The van der Waals surface area contributed by atoms with Crippen LogP contribution in [0.1, 0.15) is 17.5 Å². The first kappa shape index (κ1) is 18.1. The van der Waals surface area contributed by atoms with E-state index < -0.39 is 11.6 Å². The van der Waals surface area contributed by atoms with Gasteiger partial charge in [0.15, 0.2) is 0 Å². The number of aromatic nitrogens is 2. The fourth-order valence-electron chi connectivity index (χ4n) is 4.32. The largest absolute Gasteiger partial charge is 0.313 e. The second kappa shape index (κ2) is 7.12. The summed E-state index contributed by atoms with van der Waals surface area (Å²) in [4.78, 5) is 14.4. The second-order valence-electron chi connectivity index (χ2n) is 7.80. The molecule has 29 heavy (non-hydrogen) atoms. The van der Waals surface area contributed by atoms with Gasteiger partial charge in [0.25, 0.3) is 5.91 Å². The van der Waals surface area contributed by atoms with Crippen molar-refractivity contribution in [1.82, 2.24) is 15.1 Å². The summed E-state index contributed by atoms with van der Waals surface area (Å²) in [6.45, 7) is 1.89. The van der Waals surface area contributed by atoms with Gasteiger partial charge in [-0.1, -0.05) is 36.4 Å². The zero-order chi connectivity index (χ0) is 19.8. The fourth-order valence-corrected chi connectivity index (χ4v) is 4.32. The molecule has 5 nitrogen and oxygen atoms in total. The van der Waals surface area contributed by atoms with Crippen molar-refractivity contribution in [3.8, 4) is 11.3 Å². The van der Waals surface area contributed by atoms with Crippen LogP contribution in [0.15, 0.2) is 60.8 Å². The van der Waals surface area contributed by atoms with Crippen LogP contribution in [0.2, 0.25) is 0 Å². The third-order valence-electron chi connectivity index (χ3n) is 5.89. The maximum absolute atomic E-state index is 14.9. The average molecular weight is 390 g/mol. The molecule has 1 amide bonds. The number of hydrogen-bond donors (Lipinski definition) is 1. The summed E-state index contributed by atoms with van der Waals surface area (Å²) in [5.74, 6) is -0.414. The van der Waals surface area contributed by atoms with Gasteiger partial charge >= 0.3 is 0 Å². The lowest BCUT2D eigenvalue weighted by atomic mass is 10.0. The maximum atomic E-state index is 14.9. The normalized spacial score (nSPS) is 20.8. The van der Waals surface area contributed by atoms with Crippen LogP contribution in [0, 0.1) is 0 Å². The van der Waals surface area contributed by atoms with E-state index in [1.807, 2.05) is 41.1 Å². The minimum atomic E-state index is -1.78. The van der Waals surface area contributed by atoms with Crippen molar-refractivity contribution in [3.05, 3.63) is 71.9 Å². The number of carbonyl (C=O) groups excluding carboxylic acids is 1. The third-order valence-corrected chi connectivity index (χ3v) is 5.89. The molecule has 0 radical (unpaired) electrons. The van der Waals surface area contributed by atoms with Gasteiger partial charge in [0.1, 0.15) is 0 Å². The molecule has 1 aromatic heterocycles. The molecule has 1 unspecified atom stereocenters. The first-order chi connectivity index (χ1) is 14.1. The van der Waals surface area contributed by atoms with Crippen molar-refractivity contribution in [1.29, 1.82) is 0 Å². The van der Waals surface area contributed by atoms with E-state index in [2.05, 4.69) is 28.6 Å². The molecule has 1 atom stereocenters. The number of anilines is 1. The van der Waals surface area contributed by atoms with Crippen LogP contribution in [0.25, 0.3) is 11.3 Å².